The van der Waals surface area contributed by atoms with Gasteiger partial charge >= 0.3 is 0 Å². The Balaban J connectivity index is 2.32. The van der Waals surface area contributed by atoms with Crippen molar-refractivity contribution in [1.29, 1.82) is 0 Å². The van der Waals surface area contributed by atoms with E-state index in [9.17, 15) is 0 Å². The number of halogens is 2. The Labute approximate surface area is 101 Å². The summed E-state index contributed by atoms with van der Waals surface area (Å²) < 4.78 is 2.19. The first-order valence-electron chi connectivity index (χ1n) is 4.65. The second-order valence-corrected chi connectivity index (χ2v) is 6.21. The van der Waals surface area contributed by atoms with Crippen LogP contribution in [0.3, 0.4) is 0 Å². The van der Waals surface area contributed by atoms with Crippen molar-refractivity contribution < 1.29 is 0 Å². The lowest BCUT2D eigenvalue weighted by molar-refractivity contribution is 0.599. The molecule has 0 aromatic heterocycles. The minimum absolute atomic E-state index is 0.257. The lowest BCUT2D eigenvalue weighted by Crippen LogP contribution is -2.06. The van der Waals surface area contributed by atoms with Gasteiger partial charge in [0.25, 0.3) is 0 Å². The van der Waals surface area contributed by atoms with Crippen molar-refractivity contribution in [2.45, 2.75) is 25.8 Å². The van der Waals surface area contributed by atoms with Gasteiger partial charge in [-0.05, 0) is 55.0 Å². The molecule has 2 rings (SSSR count). The summed E-state index contributed by atoms with van der Waals surface area (Å²) in [6, 6.07) is 6.67. The van der Waals surface area contributed by atoms with E-state index in [1.165, 1.54) is 5.56 Å². The number of hydrogen-bond acceptors (Lipinski definition) is 1. The van der Waals surface area contributed by atoms with Crippen LogP contribution < -0.4 is 5.73 Å². The molecule has 14 heavy (non-hydrogen) atoms. The summed E-state index contributed by atoms with van der Waals surface area (Å²) in [5.41, 5.74) is 7.63. The van der Waals surface area contributed by atoms with Crippen LogP contribution in [-0.2, 0) is 0 Å². The van der Waals surface area contributed by atoms with Crippen molar-refractivity contribution in [3.05, 3.63) is 32.7 Å². The fraction of sp³-hybridized carbons (Fsp3) is 0.455. The summed E-state index contributed by atoms with van der Waals surface area (Å²) in [4.78, 5) is 0. The molecule has 1 saturated carbocycles. The molecule has 1 aromatic carbocycles. The maximum atomic E-state index is 6.04. The Kier molecular flexibility index (Phi) is 2.53. The summed E-state index contributed by atoms with van der Waals surface area (Å²) in [5, 5.41) is 0. The molecule has 2 N–H and O–H groups in total. The molecule has 0 bridgehead atoms. The van der Waals surface area contributed by atoms with E-state index < -0.39 is 0 Å². The highest BCUT2D eigenvalue weighted by molar-refractivity contribution is 9.13. The second-order valence-electron chi connectivity index (χ2n) is 4.50. The largest absolute Gasteiger partial charge is 0.327 e. The number of hydrogen-bond donors (Lipinski definition) is 1. The minimum atomic E-state index is 0.257. The van der Waals surface area contributed by atoms with Crippen LogP contribution in [0.4, 0.5) is 0 Å². The van der Waals surface area contributed by atoms with Crippen LogP contribution in [0, 0.1) is 5.41 Å². The summed E-state index contributed by atoms with van der Waals surface area (Å²) in [6.07, 6.45) is 0. The maximum Gasteiger partial charge on any atom is 0.0320 e. The van der Waals surface area contributed by atoms with E-state index in [4.69, 9.17) is 5.73 Å². The maximum absolute atomic E-state index is 6.04. The van der Waals surface area contributed by atoms with E-state index in [0.29, 0.717) is 12.0 Å². The molecule has 76 valence electrons. The van der Waals surface area contributed by atoms with Gasteiger partial charge < -0.3 is 5.73 Å². The quantitative estimate of drug-likeness (QED) is 0.840. The molecule has 0 saturated heterocycles. The fourth-order valence-corrected chi connectivity index (χ4v) is 2.66. The predicted molar refractivity (Wildman–Crippen MR) is 66.3 cm³/mol. The zero-order valence-electron chi connectivity index (χ0n) is 8.22. The molecule has 0 heterocycles. The first-order valence-corrected chi connectivity index (χ1v) is 6.23. The topological polar surface area (TPSA) is 26.0 Å². The van der Waals surface area contributed by atoms with Crippen molar-refractivity contribution >= 4 is 31.9 Å². The molecule has 2 atom stereocenters. The van der Waals surface area contributed by atoms with Crippen LogP contribution in [0.1, 0.15) is 25.3 Å². The van der Waals surface area contributed by atoms with Crippen LogP contribution in [0.15, 0.2) is 27.1 Å². The molecule has 0 spiro atoms. The molecule has 0 aliphatic heterocycles. The number of benzene rings is 1. The average molecular weight is 319 g/mol. The first kappa shape index (κ1) is 10.7. The minimum Gasteiger partial charge on any atom is -0.327 e. The third kappa shape index (κ3) is 1.55. The van der Waals surface area contributed by atoms with Gasteiger partial charge in [-0.3, -0.25) is 0 Å². The molecule has 1 aliphatic rings. The van der Waals surface area contributed by atoms with Gasteiger partial charge in [0, 0.05) is 20.9 Å². The Bertz CT molecular complexity index is 374. The summed E-state index contributed by atoms with van der Waals surface area (Å²) >= 11 is 6.98. The van der Waals surface area contributed by atoms with Crippen molar-refractivity contribution in [3.63, 3.8) is 0 Å². The molecule has 2 unspecified atom stereocenters. The summed E-state index contributed by atoms with van der Waals surface area (Å²) in [7, 11) is 0. The van der Waals surface area contributed by atoms with Crippen molar-refractivity contribution in [1.82, 2.24) is 0 Å². The van der Waals surface area contributed by atoms with Gasteiger partial charge in [-0.25, -0.2) is 0 Å². The van der Waals surface area contributed by atoms with E-state index in [1.54, 1.807) is 0 Å². The lowest BCUT2D eigenvalue weighted by Gasteiger charge is -2.04. The van der Waals surface area contributed by atoms with E-state index in [1.807, 2.05) is 0 Å². The lowest BCUT2D eigenvalue weighted by atomic mass is 10.0. The molecule has 1 fully saturated rings. The molecule has 1 aliphatic carbocycles. The van der Waals surface area contributed by atoms with E-state index in [-0.39, 0.29) is 5.41 Å². The number of rotatable bonds is 1. The monoisotopic (exact) mass is 317 g/mol. The van der Waals surface area contributed by atoms with Gasteiger partial charge in [0.05, 0.1) is 0 Å². The van der Waals surface area contributed by atoms with Crippen LogP contribution in [0.2, 0.25) is 0 Å². The Morgan fingerprint density at radius 2 is 1.79 bits per heavy atom. The van der Waals surface area contributed by atoms with Crippen molar-refractivity contribution in [2.24, 2.45) is 11.1 Å². The van der Waals surface area contributed by atoms with Gasteiger partial charge in [0.1, 0.15) is 0 Å². The second kappa shape index (κ2) is 3.32. The molecule has 0 amide bonds. The highest BCUT2D eigenvalue weighted by Crippen LogP contribution is 2.57. The highest BCUT2D eigenvalue weighted by Gasteiger charge is 2.56. The van der Waals surface area contributed by atoms with Gasteiger partial charge in [0.2, 0.25) is 0 Å². The van der Waals surface area contributed by atoms with Crippen molar-refractivity contribution in [3.8, 4) is 0 Å². The first-order chi connectivity index (χ1) is 6.44. The van der Waals surface area contributed by atoms with Gasteiger partial charge in [0.15, 0.2) is 0 Å². The Morgan fingerprint density at radius 1 is 1.21 bits per heavy atom. The molecule has 1 aromatic rings. The Hall–Kier alpha value is 0.140. The van der Waals surface area contributed by atoms with Crippen LogP contribution >= 0.6 is 31.9 Å². The van der Waals surface area contributed by atoms with Crippen molar-refractivity contribution in [2.75, 3.05) is 0 Å². The Morgan fingerprint density at radius 3 is 2.21 bits per heavy atom. The van der Waals surface area contributed by atoms with Crippen LogP contribution in [0.5, 0.6) is 0 Å². The molecule has 1 nitrogen and oxygen atoms in total. The van der Waals surface area contributed by atoms with Gasteiger partial charge in [-0.1, -0.05) is 19.9 Å². The van der Waals surface area contributed by atoms with Gasteiger partial charge in [-0.2, -0.15) is 0 Å². The van der Waals surface area contributed by atoms with Crippen LogP contribution in [0.25, 0.3) is 0 Å². The van der Waals surface area contributed by atoms with E-state index in [2.05, 4.69) is 63.9 Å². The van der Waals surface area contributed by atoms with Gasteiger partial charge in [-0.15, -0.1) is 0 Å². The summed E-state index contributed by atoms with van der Waals surface area (Å²) in [6.45, 7) is 4.44. The van der Waals surface area contributed by atoms with E-state index >= 15 is 0 Å². The third-order valence-corrected chi connectivity index (χ3v) is 5.09. The molecular formula is C11H13Br2N. The fourth-order valence-electron chi connectivity index (χ4n) is 2.02. The smallest absolute Gasteiger partial charge is 0.0320 e. The molecule has 0 radical (unpaired) electrons. The third-order valence-electron chi connectivity index (χ3n) is 3.21. The zero-order valence-corrected chi connectivity index (χ0v) is 11.4. The number of nitrogens with two attached hydrogens (primary N) is 1. The van der Waals surface area contributed by atoms with E-state index in [0.717, 1.165) is 8.95 Å². The normalized spacial score (nSPS) is 28.9. The standard InChI is InChI=1S/C11H13Br2N/c1-11(2)9(10(11)14)6-3-4-7(12)8(13)5-6/h3-5,9-10H,14H2,1-2H3. The summed E-state index contributed by atoms with van der Waals surface area (Å²) in [5.74, 6) is 0.506. The molecule has 3 heteroatoms. The SMILES string of the molecule is CC1(C)C(N)C1c1ccc(Br)c(Br)c1. The zero-order chi connectivity index (χ0) is 10.5. The predicted octanol–water partition coefficient (Wildman–Crippen LogP) is 3.66. The van der Waals surface area contributed by atoms with Crippen LogP contribution in [-0.4, -0.2) is 6.04 Å². The average Bonchev–Trinajstić information content (AvgIpc) is 2.58. The molecular weight excluding hydrogens is 306 g/mol. The highest BCUT2D eigenvalue weighted by atomic mass is 79.9.